The van der Waals surface area contributed by atoms with E-state index < -0.39 is 0 Å². The standard InChI is InChI=1S/C13H19N/c1-9-6-7-11-12(13(11,2)3)10(9)5-4-8-14/h4-5,9-12H,6-7H2,1-3H3/t9-,10+,11?,12+/m0/s1. The molecule has 0 bridgehead atoms. The van der Waals surface area contributed by atoms with Crippen molar-refractivity contribution in [3.8, 4) is 6.07 Å². The Morgan fingerprint density at radius 1 is 1.36 bits per heavy atom. The highest BCUT2D eigenvalue weighted by molar-refractivity contribution is 5.17. The number of allylic oxidation sites excluding steroid dienone is 2. The van der Waals surface area contributed by atoms with Crippen LogP contribution in [0.3, 0.4) is 0 Å². The van der Waals surface area contributed by atoms with Crippen LogP contribution in [0.2, 0.25) is 0 Å². The molecule has 0 amide bonds. The summed E-state index contributed by atoms with van der Waals surface area (Å²) in [4.78, 5) is 0. The minimum absolute atomic E-state index is 0.537. The van der Waals surface area contributed by atoms with E-state index in [0.717, 1.165) is 17.8 Å². The summed E-state index contributed by atoms with van der Waals surface area (Å²) in [6, 6.07) is 2.12. The van der Waals surface area contributed by atoms with Gasteiger partial charge in [-0.1, -0.05) is 26.8 Å². The molecule has 1 unspecified atom stereocenters. The Hall–Kier alpha value is -0.770. The zero-order valence-corrected chi connectivity index (χ0v) is 9.33. The van der Waals surface area contributed by atoms with Crippen LogP contribution < -0.4 is 0 Å². The van der Waals surface area contributed by atoms with Gasteiger partial charge in [-0.2, -0.15) is 5.26 Å². The zero-order chi connectivity index (χ0) is 10.3. The second-order valence-corrected chi connectivity index (χ2v) is 5.57. The van der Waals surface area contributed by atoms with Crippen molar-refractivity contribution in [2.45, 2.75) is 33.6 Å². The van der Waals surface area contributed by atoms with E-state index in [1.54, 1.807) is 6.08 Å². The first-order valence-electron chi connectivity index (χ1n) is 5.65. The quantitative estimate of drug-likeness (QED) is 0.580. The Labute approximate surface area is 86.8 Å². The molecule has 1 heteroatoms. The fourth-order valence-corrected chi connectivity index (χ4v) is 3.55. The van der Waals surface area contributed by atoms with E-state index in [1.807, 2.05) is 0 Å². The van der Waals surface area contributed by atoms with E-state index in [0.29, 0.717) is 11.3 Å². The minimum atomic E-state index is 0.537. The fourth-order valence-electron chi connectivity index (χ4n) is 3.55. The third-order valence-corrected chi connectivity index (χ3v) is 4.54. The van der Waals surface area contributed by atoms with Crippen LogP contribution in [0, 0.1) is 40.4 Å². The zero-order valence-electron chi connectivity index (χ0n) is 9.33. The van der Waals surface area contributed by atoms with Gasteiger partial charge in [0.25, 0.3) is 0 Å². The van der Waals surface area contributed by atoms with Gasteiger partial charge < -0.3 is 0 Å². The molecule has 2 rings (SSSR count). The normalized spacial score (nSPS) is 44.4. The third kappa shape index (κ3) is 1.29. The highest BCUT2D eigenvalue weighted by Gasteiger charge is 2.62. The Morgan fingerprint density at radius 3 is 2.71 bits per heavy atom. The molecule has 0 saturated heterocycles. The first-order valence-corrected chi connectivity index (χ1v) is 5.65. The Morgan fingerprint density at radius 2 is 2.07 bits per heavy atom. The average Bonchev–Trinajstić information content (AvgIpc) is 2.68. The summed E-state index contributed by atoms with van der Waals surface area (Å²) in [5, 5.41) is 8.58. The molecule has 2 aliphatic rings. The average molecular weight is 189 g/mol. The maximum absolute atomic E-state index is 8.58. The van der Waals surface area contributed by atoms with Gasteiger partial charge in [0.15, 0.2) is 0 Å². The highest BCUT2D eigenvalue weighted by atomic mass is 14.7. The van der Waals surface area contributed by atoms with E-state index in [2.05, 4.69) is 32.9 Å². The van der Waals surface area contributed by atoms with Crippen LogP contribution in [-0.4, -0.2) is 0 Å². The first kappa shape index (κ1) is 9.77. The second-order valence-electron chi connectivity index (χ2n) is 5.57. The highest BCUT2D eigenvalue weighted by Crippen LogP contribution is 2.68. The van der Waals surface area contributed by atoms with Crippen LogP contribution >= 0.6 is 0 Å². The van der Waals surface area contributed by atoms with E-state index >= 15 is 0 Å². The van der Waals surface area contributed by atoms with Crippen LogP contribution in [0.5, 0.6) is 0 Å². The summed E-state index contributed by atoms with van der Waals surface area (Å²) in [5.41, 5.74) is 0.537. The smallest absolute Gasteiger partial charge is 0.0908 e. The summed E-state index contributed by atoms with van der Waals surface area (Å²) in [6.45, 7) is 7.10. The molecular weight excluding hydrogens is 170 g/mol. The number of hydrogen-bond donors (Lipinski definition) is 0. The van der Waals surface area contributed by atoms with Gasteiger partial charge in [0.2, 0.25) is 0 Å². The molecule has 2 fully saturated rings. The van der Waals surface area contributed by atoms with Crippen molar-refractivity contribution in [1.29, 1.82) is 5.26 Å². The van der Waals surface area contributed by atoms with Gasteiger partial charge in [0.05, 0.1) is 6.07 Å². The molecule has 76 valence electrons. The lowest BCUT2D eigenvalue weighted by atomic mass is 9.80. The fraction of sp³-hybridized carbons (Fsp3) is 0.769. The molecule has 0 aromatic carbocycles. The molecule has 2 aliphatic carbocycles. The van der Waals surface area contributed by atoms with E-state index in [-0.39, 0.29) is 0 Å². The monoisotopic (exact) mass is 189 g/mol. The topological polar surface area (TPSA) is 23.8 Å². The molecule has 0 aromatic rings. The molecule has 0 N–H and O–H groups in total. The maximum atomic E-state index is 8.58. The van der Waals surface area contributed by atoms with E-state index in [9.17, 15) is 0 Å². The largest absolute Gasteiger partial charge is 0.193 e. The molecular formula is C13H19N. The van der Waals surface area contributed by atoms with Crippen LogP contribution in [0.15, 0.2) is 12.2 Å². The summed E-state index contributed by atoms with van der Waals surface area (Å²) < 4.78 is 0. The molecule has 2 saturated carbocycles. The summed E-state index contributed by atoms with van der Waals surface area (Å²) in [5.74, 6) is 3.19. The first-order chi connectivity index (χ1) is 6.59. The number of hydrogen-bond acceptors (Lipinski definition) is 1. The second kappa shape index (κ2) is 3.12. The number of nitriles is 1. The van der Waals surface area contributed by atoms with Crippen molar-refractivity contribution < 1.29 is 0 Å². The van der Waals surface area contributed by atoms with Crippen molar-refractivity contribution >= 4 is 0 Å². The SMILES string of the molecule is C[C@H]1CCC2[C@@H]([C@@H]1C=CC#N)C2(C)C. The lowest BCUT2D eigenvalue weighted by Gasteiger charge is -2.25. The molecule has 1 nitrogen and oxygen atoms in total. The van der Waals surface area contributed by atoms with Crippen molar-refractivity contribution in [1.82, 2.24) is 0 Å². The number of nitrogens with zero attached hydrogens (tertiary/aromatic N) is 1. The van der Waals surface area contributed by atoms with Crippen molar-refractivity contribution in [3.05, 3.63) is 12.2 Å². The molecule has 0 spiro atoms. The maximum Gasteiger partial charge on any atom is 0.0908 e. The summed E-state index contributed by atoms with van der Waals surface area (Å²) >= 11 is 0. The summed E-state index contributed by atoms with van der Waals surface area (Å²) in [6.07, 6.45) is 6.56. The van der Waals surface area contributed by atoms with Crippen molar-refractivity contribution in [3.63, 3.8) is 0 Å². The molecule has 14 heavy (non-hydrogen) atoms. The lowest BCUT2D eigenvalue weighted by molar-refractivity contribution is 0.285. The molecule has 4 atom stereocenters. The van der Waals surface area contributed by atoms with Crippen LogP contribution in [0.25, 0.3) is 0 Å². The summed E-state index contributed by atoms with van der Waals surface area (Å²) in [7, 11) is 0. The van der Waals surface area contributed by atoms with Gasteiger partial charge in [-0.15, -0.1) is 0 Å². The Kier molecular flexibility index (Phi) is 2.18. The molecule has 0 aliphatic heterocycles. The Balaban J connectivity index is 2.14. The number of fused-ring (bicyclic) bond motifs is 1. The third-order valence-electron chi connectivity index (χ3n) is 4.54. The van der Waals surface area contributed by atoms with Crippen LogP contribution in [0.4, 0.5) is 0 Å². The van der Waals surface area contributed by atoms with Crippen LogP contribution in [0.1, 0.15) is 33.6 Å². The van der Waals surface area contributed by atoms with E-state index in [1.165, 1.54) is 12.8 Å². The van der Waals surface area contributed by atoms with Crippen molar-refractivity contribution in [2.75, 3.05) is 0 Å². The van der Waals surface area contributed by atoms with Gasteiger partial charge in [-0.3, -0.25) is 0 Å². The predicted octanol–water partition coefficient (Wildman–Crippen LogP) is 3.38. The molecule has 0 aromatic heterocycles. The van der Waals surface area contributed by atoms with Gasteiger partial charge >= 0.3 is 0 Å². The lowest BCUT2D eigenvalue weighted by Crippen LogP contribution is -2.17. The molecule has 0 heterocycles. The van der Waals surface area contributed by atoms with Gasteiger partial charge in [-0.25, -0.2) is 0 Å². The van der Waals surface area contributed by atoms with Gasteiger partial charge in [0.1, 0.15) is 0 Å². The Bertz CT molecular complexity index is 295. The minimum Gasteiger partial charge on any atom is -0.193 e. The van der Waals surface area contributed by atoms with Gasteiger partial charge in [-0.05, 0) is 41.9 Å². The number of rotatable bonds is 1. The van der Waals surface area contributed by atoms with E-state index in [4.69, 9.17) is 5.26 Å². The van der Waals surface area contributed by atoms with Crippen LogP contribution in [-0.2, 0) is 0 Å². The van der Waals surface area contributed by atoms with Gasteiger partial charge in [0, 0.05) is 6.08 Å². The predicted molar refractivity (Wildman–Crippen MR) is 57.4 cm³/mol. The molecule has 0 radical (unpaired) electrons. The van der Waals surface area contributed by atoms with Crippen molar-refractivity contribution in [2.24, 2.45) is 29.1 Å².